The third-order valence-corrected chi connectivity index (χ3v) is 3.48. The monoisotopic (exact) mass is 272 g/mol. The Labute approximate surface area is 104 Å². The lowest BCUT2D eigenvalue weighted by molar-refractivity contribution is 0.0963. The Morgan fingerprint density at radius 1 is 1.39 bits per heavy atom. The smallest absolute Gasteiger partial charge is 0.414 e. The Bertz CT molecular complexity index is 554. The summed E-state index contributed by atoms with van der Waals surface area (Å²) in [4.78, 5) is 12.8. The molecular formula is C10H12N2O5S. The lowest BCUT2D eigenvalue weighted by Gasteiger charge is -2.12. The first kappa shape index (κ1) is 12.8. The number of carbonyl (C=O) groups is 1. The summed E-state index contributed by atoms with van der Waals surface area (Å²) >= 11 is 0. The first-order chi connectivity index (χ1) is 8.41. The number of nitrogens with two attached hydrogens (primary N) is 1. The van der Waals surface area contributed by atoms with Crippen LogP contribution in [0.5, 0.6) is 0 Å². The maximum atomic E-state index is 11.5. The minimum atomic E-state index is -3.75. The molecule has 8 heteroatoms. The van der Waals surface area contributed by atoms with Crippen molar-refractivity contribution >= 4 is 21.8 Å². The summed E-state index contributed by atoms with van der Waals surface area (Å²) in [5, 5.41) is 13.9. The molecule has 18 heavy (non-hydrogen) atoms. The zero-order valence-electron chi connectivity index (χ0n) is 9.31. The Balaban J connectivity index is 2.23. The number of nitrogens with zero attached hydrogens (tertiary/aromatic N) is 1. The van der Waals surface area contributed by atoms with Crippen molar-refractivity contribution in [2.45, 2.75) is 11.0 Å². The molecule has 98 valence electrons. The third kappa shape index (κ3) is 2.45. The average Bonchev–Trinajstić information content (AvgIpc) is 2.70. The van der Waals surface area contributed by atoms with Crippen LogP contribution in [0.3, 0.4) is 0 Å². The van der Waals surface area contributed by atoms with Gasteiger partial charge < -0.3 is 9.84 Å². The van der Waals surface area contributed by atoms with Crippen LogP contribution in [0.4, 0.5) is 10.5 Å². The number of sulfonamides is 1. The van der Waals surface area contributed by atoms with Crippen molar-refractivity contribution in [3.8, 4) is 0 Å². The molecule has 1 aromatic rings. The van der Waals surface area contributed by atoms with Crippen molar-refractivity contribution < 1.29 is 23.1 Å². The molecule has 1 saturated heterocycles. The number of hydrogen-bond acceptors (Lipinski definition) is 5. The van der Waals surface area contributed by atoms with Gasteiger partial charge in [0.15, 0.2) is 0 Å². The molecule has 1 fully saturated rings. The number of primary sulfonamides is 1. The summed E-state index contributed by atoms with van der Waals surface area (Å²) in [7, 11) is -3.75. The van der Waals surface area contributed by atoms with Crippen LogP contribution < -0.4 is 10.0 Å². The Hall–Kier alpha value is -1.64. The molecule has 3 N–H and O–H groups in total. The summed E-state index contributed by atoms with van der Waals surface area (Å²) in [5.74, 6) is 0. The van der Waals surface area contributed by atoms with Crippen molar-refractivity contribution in [3.63, 3.8) is 0 Å². The maximum absolute atomic E-state index is 11.5. The highest BCUT2D eigenvalue weighted by Crippen LogP contribution is 2.22. The first-order valence-electron chi connectivity index (χ1n) is 5.13. The second-order valence-corrected chi connectivity index (χ2v) is 5.40. The van der Waals surface area contributed by atoms with Crippen LogP contribution in [0, 0.1) is 0 Å². The molecule has 1 amide bonds. The second-order valence-electron chi connectivity index (χ2n) is 3.84. The summed E-state index contributed by atoms with van der Waals surface area (Å²) < 4.78 is 27.0. The highest BCUT2D eigenvalue weighted by molar-refractivity contribution is 7.89. The molecular weight excluding hydrogens is 260 g/mol. The normalized spacial score (nSPS) is 20.0. The quantitative estimate of drug-likeness (QED) is 0.781. The van der Waals surface area contributed by atoms with Gasteiger partial charge in [-0.25, -0.2) is 18.4 Å². The van der Waals surface area contributed by atoms with E-state index in [1.54, 1.807) is 0 Å². The topological polar surface area (TPSA) is 110 Å². The van der Waals surface area contributed by atoms with Crippen molar-refractivity contribution in [3.05, 3.63) is 24.3 Å². The fraction of sp³-hybridized carbons (Fsp3) is 0.300. The van der Waals surface area contributed by atoms with E-state index in [2.05, 4.69) is 0 Å². The zero-order chi connectivity index (χ0) is 13.3. The minimum Gasteiger partial charge on any atom is -0.441 e. The van der Waals surface area contributed by atoms with Crippen molar-refractivity contribution in [2.24, 2.45) is 5.14 Å². The van der Waals surface area contributed by atoms with E-state index in [9.17, 15) is 13.2 Å². The van der Waals surface area contributed by atoms with E-state index in [0.717, 1.165) is 0 Å². The van der Waals surface area contributed by atoms with Gasteiger partial charge in [0.05, 0.1) is 18.0 Å². The molecule has 1 aliphatic heterocycles. The number of ether oxygens (including phenoxy) is 1. The lowest BCUT2D eigenvalue weighted by atomic mass is 10.3. The summed E-state index contributed by atoms with van der Waals surface area (Å²) in [6.07, 6.45) is -1.13. The molecule has 0 spiro atoms. The molecule has 0 saturated carbocycles. The number of aliphatic hydroxyl groups is 1. The predicted octanol–water partition coefficient (Wildman–Crippen LogP) is -0.349. The first-order valence-corrected chi connectivity index (χ1v) is 6.68. The molecule has 2 rings (SSSR count). The van der Waals surface area contributed by atoms with Crippen LogP contribution in [0.25, 0.3) is 0 Å². The van der Waals surface area contributed by atoms with Crippen molar-refractivity contribution in [1.29, 1.82) is 0 Å². The van der Waals surface area contributed by atoms with Gasteiger partial charge in [-0.2, -0.15) is 0 Å². The minimum absolute atomic E-state index is 0.0301. The van der Waals surface area contributed by atoms with Crippen LogP contribution in [0.1, 0.15) is 0 Å². The Kier molecular flexibility index (Phi) is 3.24. The Morgan fingerprint density at radius 3 is 2.44 bits per heavy atom. The molecule has 1 atom stereocenters. The number of aliphatic hydroxyl groups excluding tert-OH is 1. The van der Waals surface area contributed by atoms with E-state index in [0.29, 0.717) is 5.69 Å². The van der Waals surface area contributed by atoms with Gasteiger partial charge in [-0.3, -0.25) is 4.90 Å². The zero-order valence-corrected chi connectivity index (χ0v) is 10.1. The van der Waals surface area contributed by atoms with Gasteiger partial charge in [0.2, 0.25) is 10.0 Å². The number of carbonyl (C=O) groups excluding carboxylic acids is 1. The molecule has 1 aromatic carbocycles. The van der Waals surface area contributed by atoms with Crippen LogP contribution in [0.15, 0.2) is 29.2 Å². The molecule has 0 radical (unpaired) electrons. The number of benzene rings is 1. The largest absolute Gasteiger partial charge is 0.441 e. The predicted molar refractivity (Wildman–Crippen MR) is 62.5 cm³/mol. The van der Waals surface area contributed by atoms with Crippen molar-refractivity contribution in [2.75, 3.05) is 18.1 Å². The van der Waals surface area contributed by atoms with E-state index >= 15 is 0 Å². The van der Waals surface area contributed by atoms with E-state index in [1.165, 1.54) is 29.2 Å². The lowest BCUT2D eigenvalue weighted by Crippen LogP contribution is -2.25. The summed E-state index contributed by atoms with van der Waals surface area (Å²) in [5.41, 5.74) is 0.489. The standard InChI is InChI=1S/C10H12N2O5S/c11-18(15,16)9-3-1-7(2-4-9)12-5-8(6-13)17-10(12)14/h1-4,8,13H,5-6H2,(H2,11,15,16). The highest BCUT2D eigenvalue weighted by atomic mass is 32.2. The highest BCUT2D eigenvalue weighted by Gasteiger charge is 2.31. The van der Waals surface area contributed by atoms with E-state index in [-0.39, 0.29) is 18.0 Å². The number of anilines is 1. The number of rotatable bonds is 3. The van der Waals surface area contributed by atoms with Gasteiger partial charge in [-0.05, 0) is 24.3 Å². The SMILES string of the molecule is NS(=O)(=O)c1ccc(N2CC(CO)OC2=O)cc1. The summed E-state index contributed by atoms with van der Waals surface area (Å²) in [6.45, 7) is -0.0262. The van der Waals surface area contributed by atoms with Crippen molar-refractivity contribution in [1.82, 2.24) is 0 Å². The third-order valence-electron chi connectivity index (χ3n) is 2.55. The molecule has 1 heterocycles. The molecule has 1 unspecified atom stereocenters. The summed E-state index contributed by atoms with van der Waals surface area (Å²) in [6, 6.07) is 5.54. The number of hydrogen-bond donors (Lipinski definition) is 2. The van der Waals surface area contributed by atoms with Gasteiger partial charge in [-0.15, -0.1) is 0 Å². The van der Waals surface area contributed by atoms with Gasteiger partial charge in [0.1, 0.15) is 6.10 Å². The van der Waals surface area contributed by atoms with E-state index in [1.807, 2.05) is 0 Å². The Morgan fingerprint density at radius 2 is 2.00 bits per heavy atom. The van der Waals surface area contributed by atoms with E-state index < -0.39 is 22.2 Å². The van der Waals surface area contributed by atoms with E-state index in [4.69, 9.17) is 15.0 Å². The average molecular weight is 272 g/mol. The maximum Gasteiger partial charge on any atom is 0.414 e. The molecule has 0 aliphatic carbocycles. The van der Waals surface area contributed by atoms with Crippen LogP contribution in [0.2, 0.25) is 0 Å². The fourth-order valence-corrected chi connectivity index (χ4v) is 2.16. The van der Waals surface area contributed by atoms with Crippen LogP contribution in [-0.4, -0.2) is 38.9 Å². The fourth-order valence-electron chi connectivity index (χ4n) is 1.64. The van der Waals surface area contributed by atoms with Gasteiger partial charge in [-0.1, -0.05) is 0 Å². The van der Waals surface area contributed by atoms with Gasteiger partial charge >= 0.3 is 6.09 Å². The molecule has 1 aliphatic rings. The van der Waals surface area contributed by atoms with Crippen LogP contribution in [-0.2, 0) is 14.8 Å². The van der Waals surface area contributed by atoms with Gasteiger partial charge in [0, 0.05) is 5.69 Å². The second kappa shape index (κ2) is 4.56. The van der Waals surface area contributed by atoms with Gasteiger partial charge in [0.25, 0.3) is 0 Å². The molecule has 0 bridgehead atoms. The molecule has 0 aromatic heterocycles. The number of cyclic esters (lactones) is 1. The molecule has 7 nitrogen and oxygen atoms in total. The van der Waals surface area contributed by atoms with Crippen LogP contribution >= 0.6 is 0 Å². The number of amides is 1.